The first-order valence-electron chi connectivity index (χ1n) is 7.43. The average Bonchev–Trinajstić information content (AvgIpc) is 2.79. The molecular formula is C15H18N2O5S. The molecule has 3 rings (SSSR count). The highest BCUT2D eigenvalue weighted by Gasteiger charge is 2.29. The lowest BCUT2D eigenvalue weighted by molar-refractivity contribution is -0.122. The predicted molar refractivity (Wildman–Crippen MR) is 84.1 cm³/mol. The van der Waals surface area contributed by atoms with Crippen LogP contribution in [0.15, 0.2) is 18.2 Å². The molecule has 2 N–H and O–H groups in total. The zero-order valence-corrected chi connectivity index (χ0v) is 13.5. The van der Waals surface area contributed by atoms with Crippen molar-refractivity contribution in [3.63, 3.8) is 0 Å². The number of benzene rings is 1. The van der Waals surface area contributed by atoms with E-state index in [1.54, 1.807) is 25.1 Å². The number of fused-ring (bicyclic) bond motifs is 1. The molecule has 2 aliphatic rings. The quantitative estimate of drug-likeness (QED) is 0.823. The fourth-order valence-electron chi connectivity index (χ4n) is 2.74. The zero-order valence-electron chi connectivity index (χ0n) is 12.7. The first-order valence-corrected chi connectivity index (χ1v) is 9.25. The molecule has 1 aromatic rings. The Kier molecular flexibility index (Phi) is 4.01. The summed E-state index contributed by atoms with van der Waals surface area (Å²) in [7, 11) is -3.02. The maximum atomic E-state index is 12.0. The second kappa shape index (κ2) is 5.84. The van der Waals surface area contributed by atoms with Crippen LogP contribution < -0.4 is 15.4 Å². The fraction of sp³-hybridized carbons (Fsp3) is 0.467. The molecule has 23 heavy (non-hydrogen) atoms. The van der Waals surface area contributed by atoms with Gasteiger partial charge in [0.1, 0.15) is 5.75 Å². The third-order valence-corrected chi connectivity index (χ3v) is 5.70. The van der Waals surface area contributed by atoms with Gasteiger partial charge in [0.2, 0.25) is 5.91 Å². The molecule has 1 saturated heterocycles. The molecule has 1 fully saturated rings. The Bertz CT molecular complexity index is 759. The van der Waals surface area contributed by atoms with E-state index in [4.69, 9.17) is 4.74 Å². The van der Waals surface area contributed by atoms with Crippen molar-refractivity contribution in [1.29, 1.82) is 0 Å². The number of hydrogen-bond acceptors (Lipinski definition) is 5. The summed E-state index contributed by atoms with van der Waals surface area (Å²) in [6.07, 6.45) is 0.0379. The molecule has 0 aliphatic carbocycles. The zero-order chi connectivity index (χ0) is 16.6. The van der Waals surface area contributed by atoms with Crippen LogP contribution >= 0.6 is 0 Å². The summed E-state index contributed by atoms with van der Waals surface area (Å²) in [6.45, 7) is 1.66. The van der Waals surface area contributed by atoms with E-state index in [9.17, 15) is 18.0 Å². The van der Waals surface area contributed by atoms with Gasteiger partial charge in [0.15, 0.2) is 15.9 Å². The van der Waals surface area contributed by atoms with Gasteiger partial charge < -0.3 is 15.4 Å². The first kappa shape index (κ1) is 15.8. The van der Waals surface area contributed by atoms with Gasteiger partial charge in [-0.05, 0) is 31.0 Å². The topological polar surface area (TPSA) is 102 Å². The van der Waals surface area contributed by atoms with Crippen molar-refractivity contribution in [2.75, 3.05) is 16.8 Å². The highest BCUT2D eigenvalue weighted by atomic mass is 32.2. The molecule has 1 aromatic carbocycles. The summed E-state index contributed by atoms with van der Waals surface area (Å²) in [6, 6.07) is 4.86. The molecule has 2 unspecified atom stereocenters. The van der Waals surface area contributed by atoms with Gasteiger partial charge in [-0.25, -0.2) is 8.42 Å². The smallest absolute Gasteiger partial charge is 0.265 e. The maximum Gasteiger partial charge on any atom is 0.265 e. The van der Waals surface area contributed by atoms with Crippen molar-refractivity contribution in [2.24, 2.45) is 0 Å². The number of amides is 2. The molecule has 8 heteroatoms. The van der Waals surface area contributed by atoms with Crippen LogP contribution in [0.2, 0.25) is 0 Å². The average molecular weight is 338 g/mol. The number of carbonyl (C=O) groups excluding carboxylic acids is 2. The predicted octanol–water partition coefficient (Wildman–Crippen LogP) is 0.252. The Labute approximate surface area is 134 Å². The molecule has 2 atom stereocenters. The molecule has 0 bridgehead atoms. The minimum atomic E-state index is -3.02. The summed E-state index contributed by atoms with van der Waals surface area (Å²) in [5.41, 5.74) is 1.27. The van der Waals surface area contributed by atoms with Crippen molar-refractivity contribution < 1.29 is 22.7 Å². The standard InChI is InChI=1S/C15H18N2O5S/c1-9-15(19)17-12-6-10(2-3-13(12)22-9)7-14(18)16-11-4-5-23(20,21)8-11/h2-3,6,9,11H,4-5,7-8H2,1H3,(H,16,18)(H,17,19). The molecule has 124 valence electrons. The van der Waals surface area contributed by atoms with Gasteiger partial charge in [0.25, 0.3) is 5.91 Å². The third-order valence-electron chi connectivity index (χ3n) is 3.94. The Balaban J connectivity index is 1.63. The van der Waals surface area contributed by atoms with Crippen molar-refractivity contribution in [3.05, 3.63) is 23.8 Å². The lowest BCUT2D eigenvalue weighted by Crippen LogP contribution is -2.36. The maximum absolute atomic E-state index is 12.0. The highest BCUT2D eigenvalue weighted by molar-refractivity contribution is 7.91. The fourth-order valence-corrected chi connectivity index (χ4v) is 4.41. The summed E-state index contributed by atoms with van der Waals surface area (Å²) < 4.78 is 28.2. The number of nitrogens with one attached hydrogen (secondary N) is 2. The van der Waals surface area contributed by atoms with Gasteiger partial charge in [-0.1, -0.05) is 6.07 Å². The number of hydrogen-bond donors (Lipinski definition) is 2. The monoisotopic (exact) mass is 338 g/mol. The molecule has 0 aromatic heterocycles. The van der Waals surface area contributed by atoms with Crippen LogP contribution in [0.3, 0.4) is 0 Å². The van der Waals surface area contributed by atoms with E-state index >= 15 is 0 Å². The van der Waals surface area contributed by atoms with Crippen LogP contribution in [0.4, 0.5) is 5.69 Å². The number of ether oxygens (including phenoxy) is 1. The Hall–Kier alpha value is -2.09. The summed E-state index contributed by atoms with van der Waals surface area (Å²) >= 11 is 0. The van der Waals surface area contributed by atoms with Gasteiger partial charge in [-0.15, -0.1) is 0 Å². The number of anilines is 1. The summed E-state index contributed by atoms with van der Waals surface area (Å²) in [5.74, 6) is 0.241. The van der Waals surface area contributed by atoms with Gasteiger partial charge in [-0.3, -0.25) is 9.59 Å². The summed E-state index contributed by atoms with van der Waals surface area (Å²) in [5, 5.41) is 5.47. The van der Waals surface area contributed by atoms with E-state index in [0.29, 0.717) is 17.9 Å². The van der Waals surface area contributed by atoms with E-state index in [1.807, 2.05) is 0 Å². The molecule has 2 amide bonds. The van der Waals surface area contributed by atoms with Gasteiger partial charge in [0.05, 0.1) is 23.6 Å². The van der Waals surface area contributed by atoms with E-state index < -0.39 is 15.9 Å². The van der Waals surface area contributed by atoms with Crippen LogP contribution in [0, 0.1) is 0 Å². The number of sulfone groups is 1. The van der Waals surface area contributed by atoms with Gasteiger partial charge >= 0.3 is 0 Å². The largest absolute Gasteiger partial charge is 0.479 e. The lowest BCUT2D eigenvalue weighted by Gasteiger charge is -2.23. The van der Waals surface area contributed by atoms with E-state index in [0.717, 1.165) is 5.56 Å². The van der Waals surface area contributed by atoms with Crippen LogP contribution in [-0.4, -0.2) is 43.9 Å². The molecular weight excluding hydrogens is 320 g/mol. The van der Waals surface area contributed by atoms with Gasteiger partial charge in [0, 0.05) is 6.04 Å². The number of rotatable bonds is 3. The van der Waals surface area contributed by atoms with E-state index in [1.165, 1.54) is 0 Å². The van der Waals surface area contributed by atoms with Crippen molar-refractivity contribution in [3.8, 4) is 5.75 Å². The minimum Gasteiger partial charge on any atom is -0.479 e. The SMILES string of the molecule is CC1Oc2ccc(CC(=O)NC3CCS(=O)(=O)C3)cc2NC1=O. The molecule has 0 radical (unpaired) electrons. The second-order valence-electron chi connectivity index (χ2n) is 5.92. The van der Waals surface area contributed by atoms with Gasteiger partial charge in [-0.2, -0.15) is 0 Å². The minimum absolute atomic E-state index is 0.00468. The van der Waals surface area contributed by atoms with E-state index in [-0.39, 0.29) is 35.8 Å². The van der Waals surface area contributed by atoms with Crippen molar-refractivity contribution in [2.45, 2.75) is 31.9 Å². The molecule has 0 saturated carbocycles. The molecule has 0 spiro atoms. The molecule has 2 heterocycles. The lowest BCUT2D eigenvalue weighted by atomic mass is 10.1. The highest BCUT2D eigenvalue weighted by Crippen LogP contribution is 2.30. The summed E-state index contributed by atoms with van der Waals surface area (Å²) in [4.78, 5) is 23.6. The third kappa shape index (κ3) is 3.64. The van der Waals surface area contributed by atoms with Crippen LogP contribution in [0.25, 0.3) is 0 Å². The molecule has 2 aliphatic heterocycles. The normalized spacial score (nSPS) is 25.2. The Morgan fingerprint density at radius 1 is 1.43 bits per heavy atom. The molecule has 7 nitrogen and oxygen atoms in total. The van der Waals surface area contributed by atoms with E-state index in [2.05, 4.69) is 10.6 Å². The Morgan fingerprint density at radius 3 is 2.91 bits per heavy atom. The van der Waals surface area contributed by atoms with Crippen molar-refractivity contribution >= 4 is 27.3 Å². The second-order valence-corrected chi connectivity index (χ2v) is 8.15. The van der Waals surface area contributed by atoms with Crippen LogP contribution in [-0.2, 0) is 25.8 Å². The van der Waals surface area contributed by atoms with Crippen LogP contribution in [0.1, 0.15) is 18.9 Å². The van der Waals surface area contributed by atoms with Crippen molar-refractivity contribution in [1.82, 2.24) is 5.32 Å². The first-order chi connectivity index (χ1) is 10.8. The Morgan fingerprint density at radius 2 is 2.22 bits per heavy atom. The number of carbonyl (C=O) groups is 2. The van der Waals surface area contributed by atoms with Crippen LogP contribution in [0.5, 0.6) is 5.75 Å².